The molecular formula is C14H27N. The van der Waals surface area contributed by atoms with Crippen LogP contribution in [-0.4, -0.2) is 12.6 Å². The maximum absolute atomic E-state index is 3.82. The van der Waals surface area contributed by atoms with Gasteiger partial charge in [-0.3, -0.25) is 0 Å². The van der Waals surface area contributed by atoms with Gasteiger partial charge in [0.05, 0.1) is 0 Å². The number of hydrogen-bond donors (Lipinski definition) is 1. The summed E-state index contributed by atoms with van der Waals surface area (Å²) in [5.41, 5.74) is 0. The van der Waals surface area contributed by atoms with Gasteiger partial charge >= 0.3 is 0 Å². The van der Waals surface area contributed by atoms with Crippen LogP contribution in [0.5, 0.6) is 0 Å². The van der Waals surface area contributed by atoms with E-state index in [-0.39, 0.29) is 0 Å². The van der Waals surface area contributed by atoms with Gasteiger partial charge in [-0.15, -0.1) is 0 Å². The van der Waals surface area contributed by atoms with Crippen molar-refractivity contribution in [3.63, 3.8) is 0 Å². The lowest BCUT2D eigenvalue weighted by Gasteiger charge is -2.37. The Morgan fingerprint density at radius 1 is 0.933 bits per heavy atom. The van der Waals surface area contributed by atoms with Crippen LogP contribution in [0.1, 0.15) is 64.7 Å². The summed E-state index contributed by atoms with van der Waals surface area (Å²) >= 11 is 0. The van der Waals surface area contributed by atoms with E-state index < -0.39 is 0 Å². The Morgan fingerprint density at radius 3 is 2.60 bits per heavy atom. The highest BCUT2D eigenvalue weighted by atomic mass is 14.9. The molecule has 1 aliphatic carbocycles. The van der Waals surface area contributed by atoms with Crippen LogP contribution < -0.4 is 5.32 Å². The average Bonchev–Trinajstić information content (AvgIpc) is 2.57. The fourth-order valence-corrected chi connectivity index (χ4v) is 3.69. The Bertz CT molecular complexity index is 170. The van der Waals surface area contributed by atoms with Crippen LogP contribution in [-0.2, 0) is 0 Å². The molecule has 2 fully saturated rings. The fourth-order valence-electron chi connectivity index (χ4n) is 3.69. The lowest BCUT2D eigenvalue weighted by Crippen LogP contribution is -2.40. The lowest BCUT2D eigenvalue weighted by atomic mass is 9.73. The molecule has 2 rings (SSSR count). The smallest absolute Gasteiger partial charge is 0.00979 e. The molecule has 1 N–H and O–H groups in total. The molecule has 0 radical (unpaired) electrons. The molecule has 1 aliphatic heterocycles. The van der Waals surface area contributed by atoms with Crippen LogP contribution in [0.25, 0.3) is 0 Å². The number of nitrogens with one attached hydrogen (secondary N) is 1. The van der Waals surface area contributed by atoms with Crippen molar-refractivity contribution in [2.24, 2.45) is 11.8 Å². The molecule has 0 aromatic rings. The van der Waals surface area contributed by atoms with E-state index in [4.69, 9.17) is 0 Å². The molecule has 0 amide bonds. The molecule has 0 aromatic carbocycles. The third kappa shape index (κ3) is 2.96. The molecule has 0 spiro atoms. The third-order valence-electron chi connectivity index (χ3n) is 4.61. The Kier molecular flexibility index (Phi) is 4.49. The van der Waals surface area contributed by atoms with E-state index in [1.165, 1.54) is 64.3 Å². The first-order valence-electron chi connectivity index (χ1n) is 7.15. The topological polar surface area (TPSA) is 12.0 Å². The summed E-state index contributed by atoms with van der Waals surface area (Å²) in [5.74, 6) is 2.02. The van der Waals surface area contributed by atoms with Crippen molar-refractivity contribution < 1.29 is 0 Å². The van der Waals surface area contributed by atoms with Gasteiger partial charge in [0.1, 0.15) is 0 Å². The molecule has 1 heteroatoms. The van der Waals surface area contributed by atoms with Crippen molar-refractivity contribution >= 4 is 0 Å². The summed E-state index contributed by atoms with van der Waals surface area (Å²) in [7, 11) is 0. The molecule has 2 aliphatic rings. The molecule has 1 nitrogen and oxygen atoms in total. The van der Waals surface area contributed by atoms with Crippen molar-refractivity contribution in [1.82, 2.24) is 5.32 Å². The molecule has 3 atom stereocenters. The van der Waals surface area contributed by atoms with Crippen LogP contribution in [0, 0.1) is 11.8 Å². The average molecular weight is 209 g/mol. The highest BCUT2D eigenvalue weighted by Gasteiger charge is 2.30. The van der Waals surface area contributed by atoms with E-state index in [1.54, 1.807) is 0 Å². The van der Waals surface area contributed by atoms with Gasteiger partial charge in [-0.1, -0.05) is 45.4 Å². The summed E-state index contributed by atoms with van der Waals surface area (Å²) in [6.07, 6.45) is 13.1. The van der Waals surface area contributed by atoms with E-state index in [9.17, 15) is 0 Å². The van der Waals surface area contributed by atoms with Crippen LogP contribution in [0.2, 0.25) is 0 Å². The zero-order chi connectivity index (χ0) is 10.5. The number of hydrogen-bond acceptors (Lipinski definition) is 1. The van der Waals surface area contributed by atoms with Gasteiger partial charge in [-0.05, 0) is 37.6 Å². The van der Waals surface area contributed by atoms with Gasteiger partial charge in [0.15, 0.2) is 0 Å². The van der Waals surface area contributed by atoms with Crippen molar-refractivity contribution in [3.05, 3.63) is 0 Å². The second-order valence-electron chi connectivity index (χ2n) is 5.53. The first-order valence-corrected chi connectivity index (χ1v) is 7.15. The molecule has 0 bridgehead atoms. The Morgan fingerprint density at radius 2 is 1.73 bits per heavy atom. The molecule has 15 heavy (non-hydrogen) atoms. The number of rotatable bonds is 2. The highest BCUT2D eigenvalue weighted by Crippen LogP contribution is 2.36. The zero-order valence-corrected chi connectivity index (χ0v) is 10.3. The quantitative estimate of drug-likeness (QED) is 0.730. The van der Waals surface area contributed by atoms with Crippen molar-refractivity contribution in [2.45, 2.75) is 70.8 Å². The van der Waals surface area contributed by atoms with E-state index in [0.717, 1.165) is 17.9 Å². The second kappa shape index (κ2) is 5.89. The molecule has 88 valence electrons. The molecule has 3 unspecified atom stereocenters. The highest BCUT2D eigenvalue weighted by molar-refractivity contribution is 4.85. The van der Waals surface area contributed by atoms with E-state index in [1.807, 2.05) is 0 Å². The minimum atomic E-state index is 0.859. The SMILES string of the molecule is CCC1CCCCC1C1CCCCCN1. The van der Waals surface area contributed by atoms with Gasteiger partial charge in [0, 0.05) is 6.04 Å². The third-order valence-corrected chi connectivity index (χ3v) is 4.61. The summed E-state index contributed by atoms with van der Waals surface area (Å²) < 4.78 is 0. The minimum absolute atomic E-state index is 0.859. The van der Waals surface area contributed by atoms with Gasteiger partial charge in [-0.2, -0.15) is 0 Å². The predicted molar refractivity (Wildman–Crippen MR) is 66.0 cm³/mol. The molecule has 1 heterocycles. The largest absolute Gasteiger partial charge is 0.314 e. The van der Waals surface area contributed by atoms with Crippen LogP contribution in [0.4, 0.5) is 0 Å². The van der Waals surface area contributed by atoms with Crippen molar-refractivity contribution in [1.29, 1.82) is 0 Å². The Labute approximate surface area is 95.0 Å². The Balaban J connectivity index is 1.92. The summed E-state index contributed by atoms with van der Waals surface area (Å²) in [6, 6.07) is 0.859. The lowest BCUT2D eigenvalue weighted by molar-refractivity contribution is 0.172. The van der Waals surface area contributed by atoms with Crippen LogP contribution >= 0.6 is 0 Å². The standard InChI is InChI=1S/C14H27N/c1-2-12-8-5-6-9-13(12)14-10-4-3-7-11-15-14/h12-15H,2-11H2,1H3. The predicted octanol–water partition coefficient (Wildman–Crippen LogP) is 3.74. The first kappa shape index (κ1) is 11.4. The first-order chi connectivity index (χ1) is 7.42. The van der Waals surface area contributed by atoms with Gasteiger partial charge in [-0.25, -0.2) is 0 Å². The summed E-state index contributed by atoms with van der Waals surface area (Å²) in [4.78, 5) is 0. The maximum atomic E-state index is 3.82. The van der Waals surface area contributed by atoms with Crippen LogP contribution in [0.3, 0.4) is 0 Å². The molecular weight excluding hydrogens is 182 g/mol. The maximum Gasteiger partial charge on any atom is 0.00979 e. The molecule has 0 aromatic heterocycles. The minimum Gasteiger partial charge on any atom is -0.314 e. The monoisotopic (exact) mass is 209 g/mol. The van der Waals surface area contributed by atoms with E-state index in [0.29, 0.717) is 0 Å². The Hall–Kier alpha value is -0.0400. The second-order valence-corrected chi connectivity index (χ2v) is 5.53. The van der Waals surface area contributed by atoms with E-state index >= 15 is 0 Å². The van der Waals surface area contributed by atoms with Crippen molar-refractivity contribution in [2.75, 3.05) is 6.54 Å². The van der Waals surface area contributed by atoms with Crippen LogP contribution in [0.15, 0.2) is 0 Å². The van der Waals surface area contributed by atoms with Gasteiger partial charge < -0.3 is 5.32 Å². The normalized spacial score (nSPS) is 38.6. The molecule has 1 saturated heterocycles. The zero-order valence-electron chi connectivity index (χ0n) is 10.3. The van der Waals surface area contributed by atoms with Crippen molar-refractivity contribution in [3.8, 4) is 0 Å². The van der Waals surface area contributed by atoms with E-state index in [2.05, 4.69) is 12.2 Å². The van der Waals surface area contributed by atoms with Gasteiger partial charge in [0.2, 0.25) is 0 Å². The molecule has 1 saturated carbocycles. The summed E-state index contributed by atoms with van der Waals surface area (Å²) in [5, 5.41) is 3.82. The van der Waals surface area contributed by atoms with Gasteiger partial charge in [0.25, 0.3) is 0 Å². The fraction of sp³-hybridized carbons (Fsp3) is 1.00. The summed E-state index contributed by atoms with van der Waals surface area (Å²) in [6.45, 7) is 3.66.